The molecule has 1 aromatic carbocycles. The van der Waals surface area contributed by atoms with Crippen molar-refractivity contribution in [3.8, 4) is 0 Å². The Balaban J connectivity index is 1.89. The number of rotatable bonds is 4. The number of aldehydes is 1. The number of halogens is 1. The maximum Gasteiger partial charge on any atom is 0.125 e. The average molecular weight is 293 g/mol. The monoisotopic (exact) mass is 292 g/mol. The smallest absolute Gasteiger partial charge is 0.125 e. The second-order valence-electron chi connectivity index (χ2n) is 4.67. The van der Waals surface area contributed by atoms with E-state index in [0.717, 1.165) is 29.4 Å². The highest BCUT2D eigenvalue weighted by Crippen LogP contribution is 2.35. The lowest BCUT2D eigenvalue weighted by molar-refractivity contribution is -0.116. The maximum atomic E-state index is 10.8. The molecule has 1 saturated heterocycles. The molecule has 19 heavy (non-hydrogen) atoms. The molecule has 0 spiro atoms. The van der Waals surface area contributed by atoms with Crippen molar-refractivity contribution in [2.24, 2.45) is 5.92 Å². The van der Waals surface area contributed by atoms with E-state index in [1.54, 1.807) is 11.3 Å². The van der Waals surface area contributed by atoms with Gasteiger partial charge in [-0.1, -0.05) is 23.7 Å². The van der Waals surface area contributed by atoms with Gasteiger partial charge in [0, 0.05) is 35.6 Å². The van der Waals surface area contributed by atoms with E-state index in [0.29, 0.717) is 0 Å². The minimum absolute atomic E-state index is 0.133. The van der Waals surface area contributed by atoms with Crippen molar-refractivity contribution in [1.29, 1.82) is 0 Å². The highest BCUT2D eigenvalue weighted by molar-refractivity contribution is 7.09. The van der Waals surface area contributed by atoms with E-state index in [-0.39, 0.29) is 12.0 Å². The summed E-state index contributed by atoms with van der Waals surface area (Å²) in [5.41, 5.74) is 1.17. The largest absolute Gasteiger partial charge is 0.303 e. The predicted molar refractivity (Wildman–Crippen MR) is 76.5 cm³/mol. The summed E-state index contributed by atoms with van der Waals surface area (Å²) in [5.74, 6) is 0.162. The first-order valence-corrected chi connectivity index (χ1v) is 7.38. The Bertz CT molecular complexity index is 549. The Morgan fingerprint density at radius 2 is 2.11 bits per heavy atom. The third-order valence-electron chi connectivity index (χ3n) is 3.37. The fourth-order valence-corrected chi connectivity index (χ4v) is 3.29. The van der Waals surface area contributed by atoms with E-state index in [1.165, 1.54) is 5.56 Å². The van der Waals surface area contributed by atoms with Crippen LogP contribution in [0, 0.1) is 5.92 Å². The van der Waals surface area contributed by atoms with Gasteiger partial charge in [-0.25, -0.2) is 4.98 Å². The summed E-state index contributed by atoms with van der Waals surface area (Å²) in [6.45, 7) is 1.60. The Hall–Kier alpha value is -1.23. The van der Waals surface area contributed by atoms with E-state index in [9.17, 15) is 4.79 Å². The first-order chi connectivity index (χ1) is 9.28. The standard InChI is InChI=1S/C14H13ClN2OS/c15-12-3-1-11(2-4-12)13(14-16-5-6-19-14)17-7-10(8-17)9-18/h1-6,9-10,13H,7-8H2. The summed E-state index contributed by atoms with van der Waals surface area (Å²) in [5, 5.41) is 3.78. The summed E-state index contributed by atoms with van der Waals surface area (Å²) in [6, 6.07) is 7.99. The predicted octanol–water partition coefficient (Wildman–Crippen LogP) is 3.02. The fraction of sp³-hybridized carbons (Fsp3) is 0.286. The average Bonchev–Trinajstić information content (AvgIpc) is 2.88. The lowest BCUT2D eigenvalue weighted by Crippen LogP contribution is -2.49. The minimum atomic E-state index is 0.133. The minimum Gasteiger partial charge on any atom is -0.303 e. The van der Waals surface area contributed by atoms with Gasteiger partial charge in [-0.05, 0) is 17.7 Å². The highest BCUT2D eigenvalue weighted by atomic mass is 35.5. The molecule has 1 fully saturated rings. The molecule has 2 aromatic rings. The Morgan fingerprint density at radius 1 is 1.37 bits per heavy atom. The molecule has 5 heteroatoms. The van der Waals surface area contributed by atoms with Gasteiger partial charge in [0.1, 0.15) is 11.3 Å². The molecular weight excluding hydrogens is 280 g/mol. The van der Waals surface area contributed by atoms with Crippen LogP contribution >= 0.6 is 22.9 Å². The molecule has 3 rings (SSSR count). The molecule has 0 aliphatic carbocycles. The van der Waals surface area contributed by atoms with Crippen molar-refractivity contribution >= 4 is 29.2 Å². The van der Waals surface area contributed by atoms with Crippen LogP contribution in [0.3, 0.4) is 0 Å². The van der Waals surface area contributed by atoms with Crippen LogP contribution in [-0.4, -0.2) is 29.3 Å². The zero-order chi connectivity index (χ0) is 13.2. The first kappa shape index (κ1) is 12.8. The number of hydrogen-bond donors (Lipinski definition) is 0. The van der Waals surface area contributed by atoms with Gasteiger partial charge in [0.25, 0.3) is 0 Å². The van der Waals surface area contributed by atoms with E-state index in [2.05, 4.69) is 9.88 Å². The van der Waals surface area contributed by atoms with Crippen molar-refractivity contribution < 1.29 is 4.79 Å². The van der Waals surface area contributed by atoms with Crippen LogP contribution in [0.2, 0.25) is 5.02 Å². The number of aromatic nitrogens is 1. The van der Waals surface area contributed by atoms with E-state index in [1.807, 2.05) is 35.8 Å². The summed E-state index contributed by atoms with van der Waals surface area (Å²) >= 11 is 7.58. The van der Waals surface area contributed by atoms with Crippen molar-refractivity contribution in [3.63, 3.8) is 0 Å². The molecule has 0 bridgehead atoms. The zero-order valence-corrected chi connectivity index (χ0v) is 11.8. The molecule has 0 saturated carbocycles. The topological polar surface area (TPSA) is 33.2 Å². The van der Waals surface area contributed by atoms with Crippen LogP contribution in [0.25, 0.3) is 0 Å². The van der Waals surface area contributed by atoms with Gasteiger partial charge < -0.3 is 4.79 Å². The summed E-state index contributed by atoms with van der Waals surface area (Å²) in [6.07, 6.45) is 2.86. The van der Waals surface area contributed by atoms with E-state index >= 15 is 0 Å². The Kier molecular flexibility index (Phi) is 3.64. The van der Waals surface area contributed by atoms with Gasteiger partial charge in [-0.2, -0.15) is 0 Å². The third kappa shape index (κ3) is 2.56. The number of hydrogen-bond acceptors (Lipinski definition) is 4. The zero-order valence-electron chi connectivity index (χ0n) is 10.2. The molecule has 1 aliphatic rings. The van der Waals surface area contributed by atoms with Crippen LogP contribution in [0.15, 0.2) is 35.8 Å². The summed E-state index contributed by atoms with van der Waals surface area (Å²) in [4.78, 5) is 17.5. The van der Waals surface area contributed by atoms with Crippen LogP contribution in [0.4, 0.5) is 0 Å². The Morgan fingerprint density at radius 3 is 2.68 bits per heavy atom. The summed E-state index contributed by atoms with van der Waals surface area (Å²) < 4.78 is 0. The molecular formula is C14H13ClN2OS. The number of benzene rings is 1. The number of nitrogens with zero attached hydrogens (tertiary/aromatic N) is 2. The maximum absolute atomic E-state index is 10.8. The SMILES string of the molecule is O=CC1CN(C(c2ccc(Cl)cc2)c2nccs2)C1. The number of carbonyl (C=O) groups excluding carboxylic acids is 1. The fourth-order valence-electron chi connectivity index (χ4n) is 2.37. The van der Waals surface area contributed by atoms with Crippen LogP contribution in [-0.2, 0) is 4.79 Å². The molecule has 98 valence electrons. The van der Waals surface area contributed by atoms with Gasteiger partial charge in [0.15, 0.2) is 0 Å². The lowest BCUT2D eigenvalue weighted by atomic mass is 9.96. The van der Waals surface area contributed by atoms with Crippen LogP contribution in [0.1, 0.15) is 16.6 Å². The highest BCUT2D eigenvalue weighted by Gasteiger charge is 2.34. The molecule has 1 atom stereocenters. The molecule has 3 nitrogen and oxygen atoms in total. The van der Waals surface area contributed by atoms with Gasteiger partial charge in [0.05, 0.1) is 6.04 Å². The van der Waals surface area contributed by atoms with Crippen molar-refractivity contribution in [3.05, 3.63) is 51.4 Å². The number of carbonyl (C=O) groups is 1. The molecule has 0 amide bonds. The number of thiazole rings is 1. The normalized spacial score (nSPS) is 17.9. The van der Waals surface area contributed by atoms with Gasteiger partial charge >= 0.3 is 0 Å². The van der Waals surface area contributed by atoms with E-state index in [4.69, 9.17) is 11.6 Å². The molecule has 2 heterocycles. The third-order valence-corrected chi connectivity index (χ3v) is 4.45. The lowest BCUT2D eigenvalue weighted by Gasteiger charge is -2.41. The molecule has 1 aromatic heterocycles. The van der Waals surface area contributed by atoms with Crippen molar-refractivity contribution in [2.45, 2.75) is 6.04 Å². The van der Waals surface area contributed by atoms with Crippen LogP contribution in [0.5, 0.6) is 0 Å². The van der Waals surface area contributed by atoms with Gasteiger partial charge in [-0.15, -0.1) is 11.3 Å². The Labute approximate surface area is 120 Å². The second-order valence-corrected chi connectivity index (χ2v) is 6.04. The summed E-state index contributed by atoms with van der Waals surface area (Å²) in [7, 11) is 0. The first-order valence-electron chi connectivity index (χ1n) is 6.12. The quantitative estimate of drug-likeness (QED) is 0.812. The van der Waals surface area contributed by atoms with Crippen LogP contribution < -0.4 is 0 Å². The van der Waals surface area contributed by atoms with Crippen molar-refractivity contribution in [1.82, 2.24) is 9.88 Å². The van der Waals surface area contributed by atoms with Gasteiger partial charge in [-0.3, -0.25) is 4.90 Å². The molecule has 1 aliphatic heterocycles. The number of likely N-dealkylation sites (tertiary alicyclic amines) is 1. The molecule has 0 radical (unpaired) electrons. The van der Waals surface area contributed by atoms with Crippen molar-refractivity contribution in [2.75, 3.05) is 13.1 Å². The second kappa shape index (κ2) is 5.41. The molecule has 1 unspecified atom stereocenters. The van der Waals surface area contributed by atoms with E-state index < -0.39 is 0 Å². The molecule has 0 N–H and O–H groups in total. The van der Waals surface area contributed by atoms with Gasteiger partial charge in [0.2, 0.25) is 0 Å².